The maximum absolute atomic E-state index is 12.7. The van der Waals surface area contributed by atoms with E-state index in [0.717, 1.165) is 37.1 Å². The van der Waals surface area contributed by atoms with E-state index in [4.69, 9.17) is 4.74 Å². The van der Waals surface area contributed by atoms with Crippen LogP contribution in [0.15, 0.2) is 54.6 Å². The van der Waals surface area contributed by atoms with E-state index in [1.54, 1.807) is 7.11 Å². The first-order valence-electron chi connectivity index (χ1n) is 8.22. The third kappa shape index (κ3) is 4.35. The fraction of sp³-hybridized carbons (Fsp3) is 0.350. The molecule has 0 spiro atoms. The minimum Gasteiger partial charge on any atom is -0.497 e. The molecule has 1 saturated carbocycles. The molecule has 2 aromatic carbocycles. The van der Waals surface area contributed by atoms with E-state index in [2.05, 4.69) is 23.1 Å². The average molecular weight is 309 g/mol. The molecule has 0 saturated heterocycles. The highest BCUT2D eigenvalue weighted by molar-refractivity contribution is 5.77. The highest BCUT2D eigenvalue weighted by Crippen LogP contribution is 2.29. The van der Waals surface area contributed by atoms with Crippen molar-refractivity contribution in [3.63, 3.8) is 0 Å². The molecular weight excluding hydrogens is 286 g/mol. The number of carbonyl (C=O) groups is 1. The Hall–Kier alpha value is -2.29. The Labute approximate surface area is 137 Å². The van der Waals surface area contributed by atoms with Crippen LogP contribution < -0.4 is 4.74 Å². The van der Waals surface area contributed by atoms with Gasteiger partial charge < -0.3 is 9.64 Å². The first kappa shape index (κ1) is 15.6. The van der Waals surface area contributed by atoms with Crippen LogP contribution in [0.2, 0.25) is 0 Å². The summed E-state index contributed by atoms with van der Waals surface area (Å²) >= 11 is 0. The SMILES string of the molecule is COc1cccc(CCC(=O)N(Cc2ccccc2)C2CC2)c1. The second kappa shape index (κ2) is 7.32. The number of methoxy groups -OCH3 is 1. The highest BCUT2D eigenvalue weighted by atomic mass is 16.5. The molecule has 3 heteroatoms. The van der Waals surface area contributed by atoms with Crippen molar-refractivity contribution in [3.05, 3.63) is 65.7 Å². The minimum absolute atomic E-state index is 0.249. The molecular formula is C20H23NO2. The van der Waals surface area contributed by atoms with Crippen molar-refractivity contribution in [2.75, 3.05) is 7.11 Å². The molecule has 1 fully saturated rings. The standard InChI is InChI=1S/C20H23NO2/c1-23-19-9-5-8-16(14-19)10-13-20(22)21(18-11-12-18)15-17-6-3-2-4-7-17/h2-9,14,18H,10-13,15H2,1H3. The van der Waals surface area contributed by atoms with Crippen LogP contribution in [-0.4, -0.2) is 24.0 Å². The first-order chi connectivity index (χ1) is 11.3. The molecule has 0 N–H and O–H groups in total. The summed E-state index contributed by atoms with van der Waals surface area (Å²) < 4.78 is 5.24. The van der Waals surface area contributed by atoms with Crippen LogP contribution in [0.3, 0.4) is 0 Å². The van der Waals surface area contributed by atoms with E-state index in [1.807, 2.05) is 36.4 Å². The Kier molecular flexibility index (Phi) is 4.96. The molecule has 2 aromatic rings. The van der Waals surface area contributed by atoms with Gasteiger partial charge in [-0.3, -0.25) is 4.79 Å². The number of carbonyl (C=O) groups excluding carboxylic acids is 1. The summed E-state index contributed by atoms with van der Waals surface area (Å²) in [5.74, 6) is 1.09. The predicted molar refractivity (Wildman–Crippen MR) is 91.3 cm³/mol. The van der Waals surface area contributed by atoms with E-state index in [9.17, 15) is 4.79 Å². The number of hydrogen-bond acceptors (Lipinski definition) is 2. The molecule has 0 unspecified atom stereocenters. The first-order valence-corrected chi connectivity index (χ1v) is 8.22. The predicted octanol–water partition coefficient (Wildman–Crippen LogP) is 3.82. The molecule has 0 heterocycles. The van der Waals surface area contributed by atoms with Crippen LogP contribution in [0, 0.1) is 0 Å². The summed E-state index contributed by atoms with van der Waals surface area (Å²) in [4.78, 5) is 14.7. The van der Waals surface area contributed by atoms with Crippen LogP contribution >= 0.6 is 0 Å². The molecule has 0 aromatic heterocycles. The van der Waals surface area contributed by atoms with Gasteiger partial charge in [-0.15, -0.1) is 0 Å². The van der Waals surface area contributed by atoms with Gasteiger partial charge in [-0.05, 0) is 42.5 Å². The zero-order chi connectivity index (χ0) is 16.1. The van der Waals surface area contributed by atoms with Crippen molar-refractivity contribution in [2.45, 2.75) is 38.3 Å². The largest absolute Gasteiger partial charge is 0.497 e. The van der Waals surface area contributed by atoms with Gasteiger partial charge in [-0.1, -0.05) is 42.5 Å². The van der Waals surface area contributed by atoms with Crippen molar-refractivity contribution in [1.82, 2.24) is 4.90 Å². The molecule has 0 aliphatic heterocycles. The Morgan fingerprint density at radius 1 is 1.09 bits per heavy atom. The zero-order valence-electron chi connectivity index (χ0n) is 13.6. The Bertz CT molecular complexity index is 650. The maximum Gasteiger partial charge on any atom is 0.223 e. The summed E-state index contributed by atoms with van der Waals surface area (Å²) in [5.41, 5.74) is 2.35. The van der Waals surface area contributed by atoms with E-state index in [-0.39, 0.29) is 5.91 Å². The van der Waals surface area contributed by atoms with E-state index < -0.39 is 0 Å². The van der Waals surface area contributed by atoms with Crippen LogP contribution in [0.25, 0.3) is 0 Å². The van der Waals surface area contributed by atoms with Gasteiger partial charge in [0.25, 0.3) is 0 Å². The summed E-state index contributed by atoms with van der Waals surface area (Å²) in [6, 6.07) is 18.6. The van der Waals surface area contributed by atoms with Crippen LogP contribution in [-0.2, 0) is 17.8 Å². The molecule has 1 aliphatic rings. The maximum atomic E-state index is 12.7. The molecule has 1 amide bonds. The summed E-state index contributed by atoms with van der Waals surface area (Å²) in [6.45, 7) is 0.725. The van der Waals surface area contributed by atoms with Gasteiger partial charge in [0.15, 0.2) is 0 Å². The third-order valence-electron chi connectivity index (χ3n) is 4.27. The van der Waals surface area contributed by atoms with Crippen molar-refractivity contribution >= 4 is 5.91 Å². The molecule has 3 rings (SSSR count). The van der Waals surface area contributed by atoms with Crippen LogP contribution in [0.4, 0.5) is 0 Å². The molecule has 3 nitrogen and oxygen atoms in total. The van der Waals surface area contributed by atoms with Crippen molar-refractivity contribution in [2.24, 2.45) is 0 Å². The van der Waals surface area contributed by atoms with Gasteiger partial charge in [0.1, 0.15) is 5.75 Å². The number of ether oxygens (including phenoxy) is 1. The van der Waals surface area contributed by atoms with E-state index in [1.165, 1.54) is 5.56 Å². The minimum atomic E-state index is 0.249. The number of aryl methyl sites for hydroxylation is 1. The van der Waals surface area contributed by atoms with Gasteiger partial charge in [0.05, 0.1) is 7.11 Å². The Balaban J connectivity index is 1.60. The fourth-order valence-corrected chi connectivity index (χ4v) is 2.81. The molecule has 0 bridgehead atoms. The quantitative estimate of drug-likeness (QED) is 0.778. The lowest BCUT2D eigenvalue weighted by molar-refractivity contribution is -0.132. The summed E-state index contributed by atoms with van der Waals surface area (Å²) in [6.07, 6.45) is 3.58. The van der Waals surface area contributed by atoms with Crippen molar-refractivity contribution in [1.29, 1.82) is 0 Å². The van der Waals surface area contributed by atoms with E-state index in [0.29, 0.717) is 12.5 Å². The summed E-state index contributed by atoms with van der Waals surface area (Å²) in [5, 5.41) is 0. The number of amides is 1. The fourth-order valence-electron chi connectivity index (χ4n) is 2.81. The van der Waals surface area contributed by atoms with Gasteiger partial charge in [0, 0.05) is 19.0 Å². The van der Waals surface area contributed by atoms with Crippen molar-refractivity contribution in [3.8, 4) is 5.75 Å². The second-order valence-electron chi connectivity index (χ2n) is 6.09. The highest BCUT2D eigenvalue weighted by Gasteiger charge is 2.32. The molecule has 120 valence electrons. The smallest absolute Gasteiger partial charge is 0.223 e. The second-order valence-corrected chi connectivity index (χ2v) is 6.09. The molecule has 0 atom stereocenters. The lowest BCUT2D eigenvalue weighted by Gasteiger charge is -2.22. The Morgan fingerprint density at radius 3 is 2.52 bits per heavy atom. The van der Waals surface area contributed by atoms with Gasteiger partial charge in [-0.2, -0.15) is 0 Å². The molecule has 23 heavy (non-hydrogen) atoms. The molecule has 0 radical (unpaired) electrons. The van der Waals surface area contributed by atoms with Gasteiger partial charge >= 0.3 is 0 Å². The summed E-state index contributed by atoms with van der Waals surface area (Å²) in [7, 11) is 1.67. The Morgan fingerprint density at radius 2 is 1.83 bits per heavy atom. The van der Waals surface area contributed by atoms with Gasteiger partial charge in [-0.25, -0.2) is 0 Å². The lowest BCUT2D eigenvalue weighted by Crippen LogP contribution is -2.32. The normalized spacial score (nSPS) is 13.6. The lowest BCUT2D eigenvalue weighted by atomic mass is 10.1. The number of benzene rings is 2. The topological polar surface area (TPSA) is 29.5 Å². The number of hydrogen-bond donors (Lipinski definition) is 0. The molecule has 1 aliphatic carbocycles. The van der Waals surface area contributed by atoms with E-state index >= 15 is 0 Å². The monoisotopic (exact) mass is 309 g/mol. The van der Waals surface area contributed by atoms with Crippen molar-refractivity contribution < 1.29 is 9.53 Å². The average Bonchev–Trinajstić information content (AvgIpc) is 3.43. The van der Waals surface area contributed by atoms with Crippen LogP contribution in [0.5, 0.6) is 5.75 Å². The number of nitrogens with zero attached hydrogens (tertiary/aromatic N) is 1. The third-order valence-corrected chi connectivity index (χ3v) is 4.27. The van der Waals surface area contributed by atoms with Gasteiger partial charge in [0.2, 0.25) is 5.91 Å². The number of rotatable bonds is 7. The zero-order valence-corrected chi connectivity index (χ0v) is 13.6. The van der Waals surface area contributed by atoms with Crippen LogP contribution in [0.1, 0.15) is 30.4 Å².